The van der Waals surface area contributed by atoms with Crippen LogP contribution in [0.1, 0.15) is 55.8 Å². The fourth-order valence-corrected chi connectivity index (χ4v) is 3.56. The Bertz CT molecular complexity index is 453. The van der Waals surface area contributed by atoms with Gasteiger partial charge in [0, 0.05) is 23.7 Å². The summed E-state index contributed by atoms with van der Waals surface area (Å²) in [5, 5.41) is 8.02. The monoisotopic (exact) mass is 436 g/mol. The van der Waals surface area contributed by atoms with E-state index in [-0.39, 0.29) is 24.0 Å². The van der Waals surface area contributed by atoms with Crippen LogP contribution in [0.15, 0.2) is 11.2 Å². The van der Waals surface area contributed by atoms with E-state index in [1.807, 2.05) is 6.20 Å². The first-order valence-corrected chi connectivity index (χ1v) is 8.99. The molecule has 1 aromatic heterocycles. The molecule has 1 saturated carbocycles. The Labute approximate surface area is 155 Å². The Morgan fingerprint density at radius 1 is 1.32 bits per heavy atom. The molecule has 0 atom stereocenters. The lowest BCUT2D eigenvalue weighted by molar-refractivity contribution is 0.304. The first kappa shape index (κ1) is 19.7. The summed E-state index contributed by atoms with van der Waals surface area (Å²) in [5.74, 6) is 1.87. The molecule has 0 aliphatic heterocycles. The van der Waals surface area contributed by atoms with Crippen molar-refractivity contribution in [3.8, 4) is 0 Å². The highest BCUT2D eigenvalue weighted by Gasteiger charge is 2.20. The number of nitrogens with one attached hydrogen (secondary N) is 2. The van der Waals surface area contributed by atoms with Gasteiger partial charge >= 0.3 is 0 Å². The standard InChI is InChI=1S/C16H28N4S.HI/c1-4-13-6-8-14(9-7-13)20-16(17-5-2)19-11-15-18-10-12(3)21-15;/h10,13-14H,4-9,11H2,1-3H3,(H2,17,19,20);1H. The van der Waals surface area contributed by atoms with Gasteiger partial charge in [-0.25, -0.2) is 9.98 Å². The number of halogens is 1. The van der Waals surface area contributed by atoms with Crippen molar-refractivity contribution in [2.45, 2.75) is 65.5 Å². The van der Waals surface area contributed by atoms with E-state index in [9.17, 15) is 0 Å². The Morgan fingerprint density at radius 3 is 2.59 bits per heavy atom. The average Bonchev–Trinajstić information content (AvgIpc) is 2.91. The van der Waals surface area contributed by atoms with Crippen LogP contribution in [0.5, 0.6) is 0 Å². The molecule has 0 saturated heterocycles. The summed E-state index contributed by atoms with van der Waals surface area (Å²) in [6, 6.07) is 0.573. The van der Waals surface area contributed by atoms with Gasteiger partial charge in [-0.15, -0.1) is 35.3 Å². The molecule has 0 radical (unpaired) electrons. The maximum absolute atomic E-state index is 4.67. The summed E-state index contributed by atoms with van der Waals surface area (Å²) in [6.45, 7) is 8.06. The lowest BCUT2D eigenvalue weighted by Crippen LogP contribution is -2.44. The number of rotatable bonds is 5. The normalized spacial score (nSPS) is 22.0. The van der Waals surface area contributed by atoms with Crippen molar-refractivity contribution in [2.75, 3.05) is 6.54 Å². The molecule has 126 valence electrons. The number of thiazole rings is 1. The number of hydrogen-bond acceptors (Lipinski definition) is 3. The predicted molar refractivity (Wildman–Crippen MR) is 106 cm³/mol. The number of aryl methyl sites for hydroxylation is 1. The van der Waals surface area contributed by atoms with Crippen molar-refractivity contribution in [3.05, 3.63) is 16.1 Å². The van der Waals surface area contributed by atoms with E-state index in [4.69, 9.17) is 0 Å². The zero-order valence-electron chi connectivity index (χ0n) is 13.9. The first-order valence-electron chi connectivity index (χ1n) is 8.17. The molecule has 2 N–H and O–H groups in total. The zero-order chi connectivity index (χ0) is 15.1. The van der Waals surface area contributed by atoms with Crippen molar-refractivity contribution >= 4 is 41.3 Å². The molecule has 6 heteroatoms. The summed E-state index contributed by atoms with van der Waals surface area (Å²) in [4.78, 5) is 10.3. The van der Waals surface area contributed by atoms with E-state index in [0.29, 0.717) is 12.6 Å². The van der Waals surface area contributed by atoms with Gasteiger partial charge in [0.25, 0.3) is 0 Å². The van der Waals surface area contributed by atoms with E-state index in [2.05, 4.69) is 41.4 Å². The first-order chi connectivity index (χ1) is 10.2. The molecule has 1 aliphatic carbocycles. The van der Waals surface area contributed by atoms with Crippen molar-refractivity contribution in [3.63, 3.8) is 0 Å². The topological polar surface area (TPSA) is 49.3 Å². The van der Waals surface area contributed by atoms with Crippen molar-refractivity contribution in [1.82, 2.24) is 15.6 Å². The number of nitrogens with zero attached hydrogens (tertiary/aromatic N) is 2. The Kier molecular flexibility index (Phi) is 9.31. The summed E-state index contributed by atoms with van der Waals surface area (Å²) in [7, 11) is 0. The third-order valence-electron chi connectivity index (χ3n) is 4.15. The molecule has 22 heavy (non-hydrogen) atoms. The molecule has 0 aromatic carbocycles. The lowest BCUT2D eigenvalue weighted by Gasteiger charge is -2.29. The van der Waals surface area contributed by atoms with Gasteiger partial charge in [-0.3, -0.25) is 0 Å². The molecule has 0 spiro atoms. The van der Waals surface area contributed by atoms with Crippen LogP contribution >= 0.6 is 35.3 Å². The predicted octanol–water partition coefficient (Wildman–Crippen LogP) is 4.09. The van der Waals surface area contributed by atoms with E-state index in [1.54, 1.807) is 11.3 Å². The maximum atomic E-state index is 4.67. The second-order valence-electron chi connectivity index (χ2n) is 5.83. The van der Waals surface area contributed by atoms with Crippen molar-refractivity contribution in [2.24, 2.45) is 10.9 Å². The van der Waals surface area contributed by atoms with Crippen LogP contribution in [0, 0.1) is 12.8 Å². The largest absolute Gasteiger partial charge is 0.357 e. The molecular formula is C16H29IN4S. The van der Waals surface area contributed by atoms with Crippen molar-refractivity contribution in [1.29, 1.82) is 0 Å². The highest BCUT2D eigenvalue weighted by atomic mass is 127. The number of aliphatic imine (C=N–C) groups is 1. The Balaban J connectivity index is 0.00000242. The van der Waals surface area contributed by atoms with E-state index in [0.717, 1.165) is 23.4 Å². The van der Waals surface area contributed by atoms with Crippen LogP contribution in [-0.2, 0) is 6.54 Å². The molecule has 1 heterocycles. The van der Waals surface area contributed by atoms with E-state index in [1.165, 1.54) is 37.0 Å². The molecule has 0 unspecified atom stereocenters. The third kappa shape index (κ3) is 6.40. The molecule has 1 fully saturated rings. The molecule has 1 aromatic rings. The van der Waals surface area contributed by atoms with Crippen LogP contribution in [0.25, 0.3) is 0 Å². The maximum Gasteiger partial charge on any atom is 0.191 e. The van der Waals surface area contributed by atoms with Gasteiger partial charge in [-0.2, -0.15) is 0 Å². The van der Waals surface area contributed by atoms with Crippen LogP contribution in [0.3, 0.4) is 0 Å². The molecule has 1 aliphatic rings. The van der Waals surface area contributed by atoms with Gasteiger partial charge in [-0.1, -0.05) is 13.3 Å². The molecule has 4 nitrogen and oxygen atoms in total. The third-order valence-corrected chi connectivity index (χ3v) is 5.05. The second-order valence-corrected chi connectivity index (χ2v) is 7.15. The smallest absolute Gasteiger partial charge is 0.191 e. The SMILES string of the molecule is CCNC(=NCc1ncc(C)s1)NC1CCC(CC)CC1.I. The van der Waals surface area contributed by atoms with Gasteiger partial charge in [0.05, 0.1) is 6.54 Å². The van der Waals surface area contributed by atoms with Gasteiger partial charge in [-0.05, 0) is 45.4 Å². The summed E-state index contributed by atoms with van der Waals surface area (Å²) in [6.07, 6.45) is 8.46. The van der Waals surface area contributed by atoms with Crippen LogP contribution in [0.2, 0.25) is 0 Å². The van der Waals surface area contributed by atoms with Gasteiger partial charge in [0.15, 0.2) is 5.96 Å². The highest BCUT2D eigenvalue weighted by Crippen LogP contribution is 2.26. The summed E-state index contributed by atoms with van der Waals surface area (Å²) >= 11 is 1.72. The second kappa shape index (κ2) is 10.4. The Morgan fingerprint density at radius 2 is 2.05 bits per heavy atom. The average molecular weight is 436 g/mol. The van der Waals surface area contributed by atoms with E-state index < -0.39 is 0 Å². The van der Waals surface area contributed by atoms with E-state index >= 15 is 0 Å². The quantitative estimate of drug-likeness (QED) is 0.415. The molecule has 2 rings (SSSR count). The fraction of sp³-hybridized carbons (Fsp3) is 0.750. The van der Waals surface area contributed by atoms with Crippen LogP contribution in [0.4, 0.5) is 0 Å². The molecule has 0 bridgehead atoms. The lowest BCUT2D eigenvalue weighted by atomic mass is 9.84. The summed E-state index contributed by atoms with van der Waals surface area (Å²) in [5.41, 5.74) is 0. The highest BCUT2D eigenvalue weighted by molar-refractivity contribution is 14.0. The number of hydrogen-bond donors (Lipinski definition) is 2. The zero-order valence-corrected chi connectivity index (χ0v) is 17.0. The minimum absolute atomic E-state index is 0. The number of aromatic nitrogens is 1. The van der Waals surface area contributed by atoms with Gasteiger partial charge < -0.3 is 10.6 Å². The van der Waals surface area contributed by atoms with Gasteiger partial charge in [0.1, 0.15) is 5.01 Å². The molecular weight excluding hydrogens is 407 g/mol. The van der Waals surface area contributed by atoms with Crippen LogP contribution < -0.4 is 10.6 Å². The minimum Gasteiger partial charge on any atom is -0.357 e. The minimum atomic E-state index is 0. The number of guanidine groups is 1. The fourth-order valence-electron chi connectivity index (χ4n) is 2.85. The van der Waals surface area contributed by atoms with Crippen molar-refractivity contribution < 1.29 is 0 Å². The Hall–Kier alpha value is -0.370. The summed E-state index contributed by atoms with van der Waals surface area (Å²) < 4.78 is 0. The van der Waals surface area contributed by atoms with Crippen LogP contribution in [-0.4, -0.2) is 23.5 Å². The van der Waals surface area contributed by atoms with Gasteiger partial charge in [0.2, 0.25) is 0 Å². The molecule has 0 amide bonds.